The lowest BCUT2D eigenvalue weighted by molar-refractivity contribution is 0.262. The summed E-state index contributed by atoms with van der Waals surface area (Å²) in [5, 5.41) is 9.98. The zero-order valence-electron chi connectivity index (χ0n) is 7.98. The van der Waals surface area contributed by atoms with Crippen molar-refractivity contribution in [1.82, 2.24) is 9.59 Å². The van der Waals surface area contributed by atoms with Gasteiger partial charge in [0.2, 0.25) is 0 Å². The number of halogens is 1. The van der Waals surface area contributed by atoms with E-state index in [0.29, 0.717) is 15.7 Å². The number of hydrogen-bond donors (Lipinski definition) is 2. The van der Waals surface area contributed by atoms with Crippen molar-refractivity contribution in [3.8, 4) is 0 Å². The molecule has 2 N–H and O–H groups in total. The Labute approximate surface area is 101 Å². The number of carbonyl (C=O) groups excluding carboxylic acids is 1. The molecule has 0 aliphatic rings. The van der Waals surface area contributed by atoms with Crippen molar-refractivity contribution in [2.45, 2.75) is 0 Å². The number of amides is 2. The molecule has 16 heavy (non-hydrogen) atoms. The minimum Gasteiger partial charge on any atom is -0.308 e. The molecule has 1 heterocycles. The zero-order valence-corrected chi connectivity index (χ0v) is 9.55. The Morgan fingerprint density at radius 3 is 2.94 bits per heavy atom. The maximum absolute atomic E-state index is 11.5. The van der Waals surface area contributed by atoms with Crippen LogP contribution in [0.15, 0.2) is 30.5 Å². The van der Waals surface area contributed by atoms with Gasteiger partial charge in [-0.25, -0.2) is 4.79 Å². The van der Waals surface area contributed by atoms with E-state index in [1.807, 2.05) is 0 Å². The van der Waals surface area contributed by atoms with Crippen molar-refractivity contribution >= 4 is 39.9 Å². The molecule has 82 valence electrons. The van der Waals surface area contributed by atoms with Gasteiger partial charge in [0.1, 0.15) is 5.00 Å². The quantitative estimate of drug-likeness (QED) is 0.866. The molecule has 0 atom stereocenters. The van der Waals surface area contributed by atoms with Gasteiger partial charge in [-0.15, -0.1) is 5.10 Å². The lowest BCUT2D eigenvalue weighted by Gasteiger charge is -2.05. The second-order valence-corrected chi connectivity index (χ2v) is 4.09. The number of rotatable bonds is 2. The number of urea groups is 1. The number of anilines is 2. The minimum atomic E-state index is -0.353. The van der Waals surface area contributed by atoms with Crippen molar-refractivity contribution in [2.75, 3.05) is 10.6 Å². The molecule has 0 unspecified atom stereocenters. The van der Waals surface area contributed by atoms with Crippen LogP contribution in [0.4, 0.5) is 15.5 Å². The maximum atomic E-state index is 11.5. The molecule has 2 amide bonds. The third-order valence-electron chi connectivity index (χ3n) is 1.68. The van der Waals surface area contributed by atoms with Gasteiger partial charge in [0, 0.05) is 22.2 Å². The van der Waals surface area contributed by atoms with E-state index in [1.54, 1.807) is 24.3 Å². The summed E-state index contributed by atoms with van der Waals surface area (Å²) in [6.45, 7) is 0. The fourth-order valence-electron chi connectivity index (χ4n) is 1.06. The van der Waals surface area contributed by atoms with Crippen molar-refractivity contribution in [3.05, 3.63) is 35.5 Å². The van der Waals surface area contributed by atoms with Crippen LogP contribution in [-0.2, 0) is 0 Å². The summed E-state index contributed by atoms with van der Waals surface area (Å²) in [7, 11) is 0. The van der Waals surface area contributed by atoms with Gasteiger partial charge in [-0.2, -0.15) is 0 Å². The molecule has 5 nitrogen and oxygen atoms in total. The molecule has 2 rings (SSSR count). The molecule has 0 aliphatic heterocycles. The Balaban J connectivity index is 1.97. The van der Waals surface area contributed by atoms with Crippen LogP contribution in [-0.4, -0.2) is 15.6 Å². The predicted octanol–water partition coefficient (Wildman–Crippen LogP) is 2.84. The molecule has 0 radical (unpaired) electrons. The number of hydrogen-bond acceptors (Lipinski definition) is 4. The van der Waals surface area contributed by atoms with Crippen LogP contribution < -0.4 is 10.6 Å². The Morgan fingerprint density at radius 1 is 1.38 bits per heavy atom. The molecule has 2 aromatic rings. The summed E-state index contributed by atoms with van der Waals surface area (Å²) in [5.74, 6) is 0. The van der Waals surface area contributed by atoms with Crippen molar-refractivity contribution < 1.29 is 4.79 Å². The highest BCUT2D eigenvalue weighted by molar-refractivity contribution is 7.10. The highest BCUT2D eigenvalue weighted by Crippen LogP contribution is 2.15. The number of nitrogens with one attached hydrogen (secondary N) is 2. The van der Waals surface area contributed by atoms with Gasteiger partial charge in [0.25, 0.3) is 0 Å². The monoisotopic (exact) mass is 254 g/mol. The standard InChI is InChI=1S/C9H7ClN4OS/c10-6-2-1-3-7(4-6)12-9(15)13-8-5-11-14-16-8/h1-5H,(H2,12,13,15). The summed E-state index contributed by atoms with van der Waals surface area (Å²) in [4.78, 5) is 11.5. The molecule has 0 saturated heterocycles. The smallest absolute Gasteiger partial charge is 0.308 e. The van der Waals surface area contributed by atoms with Gasteiger partial charge in [-0.1, -0.05) is 22.2 Å². The summed E-state index contributed by atoms with van der Waals surface area (Å²) in [6.07, 6.45) is 1.47. The van der Waals surface area contributed by atoms with E-state index in [9.17, 15) is 4.79 Å². The third kappa shape index (κ3) is 2.91. The van der Waals surface area contributed by atoms with E-state index in [-0.39, 0.29) is 6.03 Å². The first kappa shape index (κ1) is 10.8. The lowest BCUT2D eigenvalue weighted by atomic mass is 10.3. The Bertz CT molecular complexity index is 488. The Hall–Kier alpha value is -1.66. The van der Waals surface area contributed by atoms with Gasteiger partial charge >= 0.3 is 6.03 Å². The molecule has 1 aromatic carbocycles. The Kier molecular flexibility index (Phi) is 3.33. The van der Waals surface area contributed by atoms with Crippen LogP contribution in [0.2, 0.25) is 5.02 Å². The number of carbonyl (C=O) groups is 1. The Morgan fingerprint density at radius 2 is 2.25 bits per heavy atom. The SMILES string of the molecule is O=C(Nc1cccc(Cl)c1)Nc1cnns1. The highest BCUT2D eigenvalue weighted by Gasteiger charge is 2.04. The summed E-state index contributed by atoms with van der Waals surface area (Å²) in [5.41, 5.74) is 0.627. The first-order chi connectivity index (χ1) is 7.74. The van der Waals surface area contributed by atoms with Crippen molar-refractivity contribution in [1.29, 1.82) is 0 Å². The van der Waals surface area contributed by atoms with Gasteiger partial charge in [0.15, 0.2) is 0 Å². The third-order valence-corrected chi connectivity index (χ3v) is 2.50. The number of benzene rings is 1. The van der Waals surface area contributed by atoms with E-state index < -0.39 is 0 Å². The topological polar surface area (TPSA) is 66.9 Å². The van der Waals surface area contributed by atoms with Crippen LogP contribution in [0.25, 0.3) is 0 Å². The fraction of sp³-hybridized carbons (Fsp3) is 0. The second-order valence-electron chi connectivity index (χ2n) is 2.87. The van der Waals surface area contributed by atoms with E-state index in [4.69, 9.17) is 11.6 Å². The first-order valence-electron chi connectivity index (χ1n) is 4.35. The molecule has 0 spiro atoms. The summed E-state index contributed by atoms with van der Waals surface area (Å²) < 4.78 is 3.62. The summed E-state index contributed by atoms with van der Waals surface area (Å²) in [6, 6.07) is 6.54. The van der Waals surface area contributed by atoms with Crippen LogP contribution in [0.1, 0.15) is 0 Å². The summed E-state index contributed by atoms with van der Waals surface area (Å²) >= 11 is 6.89. The largest absolute Gasteiger partial charge is 0.324 e. The van der Waals surface area contributed by atoms with Crippen molar-refractivity contribution in [2.24, 2.45) is 0 Å². The fourth-order valence-corrected chi connectivity index (χ4v) is 1.67. The molecule has 1 aromatic heterocycles. The van der Waals surface area contributed by atoms with Gasteiger partial charge in [-0.3, -0.25) is 5.32 Å². The first-order valence-corrected chi connectivity index (χ1v) is 5.50. The van der Waals surface area contributed by atoms with Crippen LogP contribution in [0, 0.1) is 0 Å². The molecule has 0 aliphatic carbocycles. The zero-order chi connectivity index (χ0) is 11.4. The molecular weight excluding hydrogens is 248 g/mol. The molecular formula is C9H7ClN4OS. The maximum Gasteiger partial charge on any atom is 0.324 e. The minimum absolute atomic E-state index is 0.353. The average molecular weight is 255 g/mol. The van der Waals surface area contributed by atoms with E-state index in [2.05, 4.69) is 20.2 Å². The molecule has 0 saturated carbocycles. The van der Waals surface area contributed by atoms with Gasteiger partial charge < -0.3 is 5.32 Å². The normalized spacial score (nSPS) is 9.81. The molecule has 7 heteroatoms. The molecule has 0 bridgehead atoms. The predicted molar refractivity (Wildman–Crippen MR) is 64.0 cm³/mol. The van der Waals surface area contributed by atoms with E-state index in [0.717, 1.165) is 11.5 Å². The van der Waals surface area contributed by atoms with Crippen molar-refractivity contribution in [3.63, 3.8) is 0 Å². The average Bonchev–Trinajstić information content (AvgIpc) is 2.70. The van der Waals surface area contributed by atoms with E-state index in [1.165, 1.54) is 6.20 Å². The highest BCUT2D eigenvalue weighted by atomic mass is 35.5. The van der Waals surface area contributed by atoms with Gasteiger partial charge in [0.05, 0.1) is 6.20 Å². The van der Waals surface area contributed by atoms with Crippen LogP contribution in [0.5, 0.6) is 0 Å². The second kappa shape index (κ2) is 4.91. The van der Waals surface area contributed by atoms with E-state index >= 15 is 0 Å². The van der Waals surface area contributed by atoms with Gasteiger partial charge in [-0.05, 0) is 18.2 Å². The van der Waals surface area contributed by atoms with Crippen LogP contribution >= 0.6 is 23.1 Å². The lowest BCUT2D eigenvalue weighted by Crippen LogP contribution is -2.18. The number of aromatic nitrogens is 2. The van der Waals surface area contributed by atoms with Crippen LogP contribution in [0.3, 0.4) is 0 Å². The molecule has 0 fully saturated rings. The number of nitrogens with zero attached hydrogens (tertiary/aromatic N) is 2.